The van der Waals surface area contributed by atoms with Crippen LogP contribution in [0.25, 0.3) is 0 Å². The van der Waals surface area contributed by atoms with E-state index in [2.05, 4.69) is 63.2 Å². The highest BCUT2D eigenvalue weighted by molar-refractivity contribution is 7.62. The molecule has 1 heterocycles. The molecule has 1 aromatic rings. The van der Waals surface area contributed by atoms with Gasteiger partial charge in [-0.2, -0.15) is 0 Å². The number of hydrogen-bond acceptors (Lipinski definition) is 3. The molecular formula is C22H34NO2P. The van der Waals surface area contributed by atoms with E-state index < -0.39 is 7.87 Å². The lowest BCUT2D eigenvalue weighted by Gasteiger charge is -2.59. The highest BCUT2D eigenvalue weighted by Gasteiger charge is 2.60. The Kier molecular flexibility index (Phi) is 5.94. The molecule has 26 heavy (non-hydrogen) atoms. The summed E-state index contributed by atoms with van der Waals surface area (Å²) in [5.41, 5.74) is 1.00. The third-order valence-electron chi connectivity index (χ3n) is 6.49. The lowest BCUT2D eigenvalue weighted by molar-refractivity contribution is -0.239. The molecular weight excluding hydrogens is 341 g/mol. The van der Waals surface area contributed by atoms with Crippen LogP contribution >= 0.6 is 7.87 Å². The lowest BCUT2D eigenvalue weighted by atomic mass is 9.71. The van der Waals surface area contributed by atoms with Crippen molar-refractivity contribution in [2.75, 3.05) is 0 Å². The highest BCUT2D eigenvalue weighted by Crippen LogP contribution is 2.70. The van der Waals surface area contributed by atoms with Crippen LogP contribution in [0.1, 0.15) is 58.9 Å². The van der Waals surface area contributed by atoms with Gasteiger partial charge in [0.15, 0.2) is 7.87 Å². The van der Waals surface area contributed by atoms with E-state index in [1.807, 2.05) is 12.1 Å². The van der Waals surface area contributed by atoms with Crippen molar-refractivity contribution in [3.8, 4) is 0 Å². The fraction of sp³-hybridized carbons (Fsp3) is 0.636. The van der Waals surface area contributed by atoms with E-state index >= 15 is 0 Å². The van der Waals surface area contributed by atoms with Crippen LogP contribution < -0.4 is 4.89 Å². The molecule has 4 heteroatoms. The monoisotopic (exact) mass is 375 g/mol. The summed E-state index contributed by atoms with van der Waals surface area (Å²) < 4.78 is 8.73. The molecule has 1 aliphatic heterocycles. The molecule has 1 saturated carbocycles. The average molecular weight is 375 g/mol. The molecule has 0 amide bonds. The van der Waals surface area contributed by atoms with Gasteiger partial charge >= 0.3 is 0 Å². The molecule has 2 aliphatic rings. The molecule has 0 radical (unpaired) electrons. The van der Waals surface area contributed by atoms with Crippen molar-refractivity contribution in [3.63, 3.8) is 0 Å². The summed E-state index contributed by atoms with van der Waals surface area (Å²) in [7, 11) is -2.97. The molecule has 1 aromatic carbocycles. The Labute approximate surface area is 160 Å². The maximum atomic E-state index is 14.3. The Bertz CT molecular complexity index is 620. The first-order valence-electron chi connectivity index (χ1n) is 10.00. The molecule has 3 nitrogen and oxygen atoms in total. The van der Waals surface area contributed by atoms with E-state index in [4.69, 9.17) is 4.52 Å². The fourth-order valence-electron chi connectivity index (χ4n) is 4.83. The van der Waals surface area contributed by atoms with Gasteiger partial charge in [0.25, 0.3) is 0 Å². The first-order valence-corrected chi connectivity index (χ1v) is 11.6. The fourth-order valence-corrected chi connectivity index (χ4v) is 7.89. The second-order valence-corrected chi connectivity index (χ2v) is 11.5. The Balaban J connectivity index is 1.98. The van der Waals surface area contributed by atoms with E-state index in [-0.39, 0.29) is 17.3 Å². The first kappa shape index (κ1) is 20.0. The van der Waals surface area contributed by atoms with Crippen molar-refractivity contribution >= 4 is 7.87 Å². The second kappa shape index (κ2) is 7.72. The van der Waals surface area contributed by atoms with Crippen molar-refractivity contribution in [2.24, 2.45) is 11.8 Å². The van der Waals surface area contributed by atoms with E-state index in [9.17, 15) is 4.89 Å². The molecule has 1 aliphatic carbocycles. The summed E-state index contributed by atoms with van der Waals surface area (Å²) in [6, 6.07) is 10.4. The third-order valence-corrected chi connectivity index (χ3v) is 9.72. The van der Waals surface area contributed by atoms with Crippen molar-refractivity contribution in [1.82, 2.24) is 4.67 Å². The Morgan fingerprint density at radius 2 is 2.04 bits per heavy atom. The zero-order valence-electron chi connectivity index (χ0n) is 16.7. The minimum absolute atomic E-state index is 0.0406. The summed E-state index contributed by atoms with van der Waals surface area (Å²) in [6.45, 7) is 13.4. The molecule has 3 rings (SSSR count). The number of benzene rings is 1. The number of hydrogen-bond donors (Lipinski definition) is 0. The van der Waals surface area contributed by atoms with E-state index in [0.717, 1.165) is 12.8 Å². The maximum Gasteiger partial charge on any atom is 0.177 e. The van der Waals surface area contributed by atoms with E-state index in [0.29, 0.717) is 24.8 Å². The standard InChI is InChI=1S/C22H34NO2P/c1-6-10-18(3)26(24)23(16-19-11-8-7-9-12-19)22(4,5)20-14-13-17(2)15-21(20)25-26/h6-9,11-12,17-18,20-21H,1,10,13-16H2,2-5H3/t17-,18-,20-,21-,26?/m1/s1. The van der Waals surface area contributed by atoms with Gasteiger partial charge in [0.2, 0.25) is 0 Å². The van der Waals surface area contributed by atoms with Crippen molar-refractivity contribution in [2.45, 2.75) is 77.2 Å². The van der Waals surface area contributed by atoms with Gasteiger partial charge in [0, 0.05) is 12.3 Å². The average Bonchev–Trinajstić information content (AvgIpc) is 2.59. The van der Waals surface area contributed by atoms with Gasteiger partial charge in [-0.05, 0) is 45.1 Å². The van der Waals surface area contributed by atoms with E-state index in [1.54, 1.807) is 0 Å². The van der Waals surface area contributed by atoms with Crippen molar-refractivity contribution < 1.29 is 9.42 Å². The number of fused-ring (bicyclic) bond motifs is 1. The Hall–Kier alpha value is -0.730. The lowest BCUT2D eigenvalue weighted by Crippen LogP contribution is -2.62. The molecule has 1 saturated heterocycles. The highest BCUT2D eigenvalue weighted by atomic mass is 31.2. The molecule has 144 valence electrons. The number of nitrogens with zero attached hydrogens (tertiary/aromatic N) is 1. The van der Waals surface area contributed by atoms with Crippen LogP contribution in [0.4, 0.5) is 0 Å². The van der Waals surface area contributed by atoms with Crippen LogP contribution in [-0.4, -0.2) is 22.0 Å². The Morgan fingerprint density at radius 3 is 2.69 bits per heavy atom. The molecule has 0 N–H and O–H groups in total. The summed E-state index contributed by atoms with van der Waals surface area (Å²) in [5, 5.41) is 0. The van der Waals surface area contributed by atoms with Gasteiger partial charge in [-0.15, -0.1) is 11.2 Å². The quantitative estimate of drug-likeness (QED) is 0.525. The van der Waals surface area contributed by atoms with Crippen LogP contribution in [0.2, 0.25) is 0 Å². The molecule has 0 bridgehead atoms. The summed E-state index contributed by atoms with van der Waals surface area (Å²) in [5.74, 6) is 1.08. The zero-order valence-corrected chi connectivity index (χ0v) is 17.6. The van der Waals surface area contributed by atoms with Gasteiger partial charge < -0.3 is 4.89 Å². The number of allylic oxidation sites excluding steroid dienone is 1. The van der Waals surface area contributed by atoms with Gasteiger partial charge in [-0.3, -0.25) is 0 Å². The third kappa shape index (κ3) is 3.64. The molecule has 5 atom stereocenters. The summed E-state index contributed by atoms with van der Waals surface area (Å²) in [4.78, 5) is 14.3. The smallest absolute Gasteiger partial charge is 0.177 e. The SMILES string of the molecule is C=CC[C@@H](C)[P+]1([O-])O[C@@H]2C[C@H](C)CC[C@H]2C(C)(C)N1Cc1ccccc1. The van der Waals surface area contributed by atoms with Crippen molar-refractivity contribution in [3.05, 3.63) is 48.6 Å². The minimum atomic E-state index is -2.97. The number of rotatable bonds is 5. The zero-order chi connectivity index (χ0) is 18.9. The summed E-state index contributed by atoms with van der Waals surface area (Å²) in [6.07, 6.45) is 6.11. The molecule has 1 unspecified atom stereocenters. The van der Waals surface area contributed by atoms with Crippen LogP contribution in [0.5, 0.6) is 0 Å². The predicted octanol–water partition coefficient (Wildman–Crippen LogP) is 5.19. The molecule has 0 spiro atoms. The van der Waals surface area contributed by atoms with E-state index in [1.165, 1.54) is 12.0 Å². The molecule has 2 fully saturated rings. The predicted molar refractivity (Wildman–Crippen MR) is 109 cm³/mol. The topological polar surface area (TPSA) is 35.5 Å². The van der Waals surface area contributed by atoms with Crippen LogP contribution in [0.15, 0.2) is 43.0 Å². The Morgan fingerprint density at radius 1 is 1.35 bits per heavy atom. The van der Waals surface area contributed by atoms with Gasteiger partial charge in [-0.1, -0.05) is 49.8 Å². The maximum absolute atomic E-state index is 14.3. The summed E-state index contributed by atoms with van der Waals surface area (Å²) >= 11 is 0. The normalized spacial score (nSPS) is 35.5. The second-order valence-electron chi connectivity index (χ2n) is 8.80. The first-order chi connectivity index (χ1) is 12.3. The van der Waals surface area contributed by atoms with Crippen LogP contribution in [-0.2, 0) is 11.1 Å². The van der Waals surface area contributed by atoms with Crippen molar-refractivity contribution in [1.29, 1.82) is 0 Å². The van der Waals surface area contributed by atoms with Crippen LogP contribution in [0.3, 0.4) is 0 Å². The van der Waals surface area contributed by atoms with Gasteiger partial charge in [0.05, 0.1) is 12.1 Å². The van der Waals surface area contributed by atoms with Crippen LogP contribution in [0, 0.1) is 11.8 Å². The minimum Gasteiger partial charge on any atom is -0.641 e. The molecule has 0 aromatic heterocycles. The van der Waals surface area contributed by atoms with Gasteiger partial charge in [-0.25, -0.2) is 4.52 Å². The van der Waals surface area contributed by atoms with Gasteiger partial charge in [0.1, 0.15) is 11.8 Å². The largest absolute Gasteiger partial charge is 0.641 e.